The van der Waals surface area contributed by atoms with Gasteiger partial charge < -0.3 is 26.6 Å². The van der Waals surface area contributed by atoms with E-state index in [2.05, 4.69) is 43.1 Å². The Labute approximate surface area is 259 Å². The number of halogens is 1. The fourth-order valence-corrected chi connectivity index (χ4v) is 4.77. The molecule has 3 aromatic carbocycles. The van der Waals surface area contributed by atoms with E-state index in [4.69, 9.17) is 11.6 Å². The van der Waals surface area contributed by atoms with Gasteiger partial charge in [-0.3, -0.25) is 18.7 Å². The molecular formula is C29H31ClN8O5S. The van der Waals surface area contributed by atoms with Crippen LogP contribution in [0.4, 0.5) is 34.5 Å². The van der Waals surface area contributed by atoms with E-state index in [0.717, 1.165) is 23.5 Å². The zero-order chi connectivity index (χ0) is 31.9. The number of amides is 1. The summed E-state index contributed by atoms with van der Waals surface area (Å²) in [5, 5.41) is 15.0. The summed E-state index contributed by atoms with van der Waals surface area (Å²) >= 11 is 6.32. The standard InChI is InChI=1S/C29H31ClN8O5S/c1-4-23(39)31-13-14-32-24-25(27(41)26(24)40)33-15-18-9-11-20(12-10-18)36-29-35-17-21(30)28(37-29)34-16-19-7-5-6-8-22(19)38(2)44(3,42)43/h4-12,17,32-33H,1,13-16H2,2-3H3,(H,31,39)(H2,34,35,36,37). The number of hydrogen-bond acceptors (Lipinski definition) is 11. The summed E-state index contributed by atoms with van der Waals surface area (Å²) in [7, 11) is -1.95. The number of sulfonamides is 1. The number of carbonyl (C=O) groups excluding carboxylic acids is 1. The summed E-state index contributed by atoms with van der Waals surface area (Å²) < 4.78 is 25.3. The number of nitrogens with zero attached hydrogens (tertiary/aromatic N) is 3. The van der Waals surface area contributed by atoms with E-state index in [1.165, 1.54) is 17.5 Å². The second-order valence-corrected chi connectivity index (χ2v) is 12.0. The summed E-state index contributed by atoms with van der Waals surface area (Å²) in [6.07, 6.45) is 3.74. The van der Waals surface area contributed by atoms with Crippen LogP contribution < -0.4 is 41.7 Å². The van der Waals surface area contributed by atoms with Crippen molar-refractivity contribution in [2.45, 2.75) is 13.1 Å². The third-order valence-corrected chi connectivity index (χ3v) is 7.99. The van der Waals surface area contributed by atoms with Gasteiger partial charge in [-0.05, 0) is 35.4 Å². The lowest BCUT2D eigenvalue weighted by molar-refractivity contribution is -0.116. The summed E-state index contributed by atoms with van der Waals surface area (Å²) in [6, 6.07) is 14.4. The van der Waals surface area contributed by atoms with Crippen molar-refractivity contribution in [1.29, 1.82) is 0 Å². The molecule has 0 aliphatic heterocycles. The Bertz CT molecular complexity index is 1840. The van der Waals surface area contributed by atoms with Crippen molar-refractivity contribution in [3.8, 4) is 0 Å². The van der Waals surface area contributed by atoms with Crippen molar-refractivity contribution < 1.29 is 13.2 Å². The molecule has 44 heavy (non-hydrogen) atoms. The van der Waals surface area contributed by atoms with E-state index in [-0.39, 0.29) is 42.9 Å². The molecular weight excluding hydrogens is 608 g/mol. The lowest BCUT2D eigenvalue weighted by atomic mass is 10.1. The molecule has 1 amide bonds. The Morgan fingerprint density at radius 1 is 0.977 bits per heavy atom. The van der Waals surface area contributed by atoms with E-state index < -0.39 is 20.9 Å². The Morgan fingerprint density at radius 3 is 2.34 bits per heavy atom. The normalized spacial score (nSPS) is 11.1. The lowest BCUT2D eigenvalue weighted by Gasteiger charge is -2.20. The van der Waals surface area contributed by atoms with Gasteiger partial charge in [-0.2, -0.15) is 4.98 Å². The Morgan fingerprint density at radius 2 is 1.66 bits per heavy atom. The molecule has 0 saturated heterocycles. The van der Waals surface area contributed by atoms with Gasteiger partial charge in [0, 0.05) is 38.9 Å². The van der Waals surface area contributed by atoms with Gasteiger partial charge in [0.1, 0.15) is 16.4 Å². The molecule has 0 radical (unpaired) electrons. The van der Waals surface area contributed by atoms with E-state index >= 15 is 0 Å². The lowest BCUT2D eigenvalue weighted by Crippen LogP contribution is -2.38. The molecule has 0 saturated carbocycles. The monoisotopic (exact) mass is 638 g/mol. The highest BCUT2D eigenvalue weighted by Crippen LogP contribution is 2.26. The van der Waals surface area contributed by atoms with Crippen molar-refractivity contribution in [3.63, 3.8) is 0 Å². The predicted molar refractivity (Wildman–Crippen MR) is 174 cm³/mol. The van der Waals surface area contributed by atoms with Crippen molar-refractivity contribution >= 4 is 62.0 Å². The highest BCUT2D eigenvalue weighted by atomic mass is 35.5. The molecule has 0 fully saturated rings. The van der Waals surface area contributed by atoms with E-state index in [1.54, 1.807) is 12.1 Å². The van der Waals surface area contributed by atoms with Crippen molar-refractivity contribution in [2.24, 2.45) is 0 Å². The molecule has 0 aliphatic carbocycles. The van der Waals surface area contributed by atoms with Crippen molar-refractivity contribution in [1.82, 2.24) is 15.3 Å². The van der Waals surface area contributed by atoms with Gasteiger partial charge in [0.2, 0.25) is 21.9 Å². The highest BCUT2D eigenvalue weighted by molar-refractivity contribution is 7.92. The maximum Gasteiger partial charge on any atom is 0.253 e. The van der Waals surface area contributed by atoms with Crippen LogP contribution in [-0.2, 0) is 27.9 Å². The minimum atomic E-state index is -3.44. The third kappa shape index (κ3) is 7.90. The first-order chi connectivity index (χ1) is 21.0. The van der Waals surface area contributed by atoms with E-state index in [9.17, 15) is 22.8 Å². The second-order valence-electron chi connectivity index (χ2n) is 9.61. The Balaban J connectivity index is 1.34. The molecule has 0 aliphatic rings. The molecule has 1 heterocycles. The van der Waals surface area contributed by atoms with Gasteiger partial charge in [0.05, 0.1) is 18.1 Å². The molecule has 4 rings (SSSR count). The molecule has 0 spiro atoms. The van der Waals surface area contributed by atoms with Crippen molar-refractivity contribution in [3.05, 3.63) is 104 Å². The summed E-state index contributed by atoms with van der Waals surface area (Å²) in [5.74, 6) is 0.321. The van der Waals surface area contributed by atoms with Crippen LogP contribution in [0.3, 0.4) is 0 Å². The third-order valence-electron chi connectivity index (χ3n) is 6.52. The van der Waals surface area contributed by atoms with Gasteiger partial charge in [-0.15, -0.1) is 0 Å². The first-order valence-electron chi connectivity index (χ1n) is 13.3. The molecule has 0 atom stereocenters. The molecule has 15 heteroatoms. The number of nitrogens with one attached hydrogen (secondary N) is 5. The second kappa shape index (κ2) is 14.0. The topological polar surface area (TPSA) is 175 Å². The fourth-order valence-electron chi connectivity index (χ4n) is 4.08. The van der Waals surface area contributed by atoms with Crippen LogP contribution in [0.2, 0.25) is 5.02 Å². The van der Waals surface area contributed by atoms with Crippen LogP contribution in [0.1, 0.15) is 11.1 Å². The van der Waals surface area contributed by atoms with Crippen LogP contribution in [0, 0.1) is 0 Å². The van der Waals surface area contributed by atoms with Gasteiger partial charge in [-0.25, -0.2) is 13.4 Å². The molecule has 230 valence electrons. The predicted octanol–water partition coefficient (Wildman–Crippen LogP) is 2.80. The van der Waals surface area contributed by atoms with E-state index in [0.29, 0.717) is 28.8 Å². The number of para-hydroxylation sites is 1. The van der Waals surface area contributed by atoms with Gasteiger partial charge in [0.25, 0.3) is 10.9 Å². The van der Waals surface area contributed by atoms with Crippen LogP contribution in [0.15, 0.2) is 77.0 Å². The molecule has 5 N–H and O–H groups in total. The number of rotatable bonds is 15. The number of carbonyl (C=O) groups is 1. The minimum absolute atomic E-state index is 0.191. The first kappa shape index (κ1) is 32.0. The number of hydrogen-bond donors (Lipinski definition) is 5. The van der Waals surface area contributed by atoms with Crippen LogP contribution in [0.25, 0.3) is 0 Å². The molecule has 1 aromatic heterocycles. The molecule has 13 nitrogen and oxygen atoms in total. The molecule has 0 unspecified atom stereocenters. The zero-order valence-corrected chi connectivity index (χ0v) is 25.6. The number of aromatic nitrogens is 2. The maximum atomic E-state index is 12.1. The smallest absolute Gasteiger partial charge is 0.253 e. The Hall–Kier alpha value is -4.95. The van der Waals surface area contributed by atoms with Crippen LogP contribution in [-0.4, -0.2) is 50.7 Å². The van der Waals surface area contributed by atoms with Crippen LogP contribution >= 0.6 is 11.6 Å². The summed E-state index contributed by atoms with van der Waals surface area (Å²) in [5.41, 5.74) is 2.00. The van der Waals surface area contributed by atoms with Gasteiger partial charge in [-0.1, -0.05) is 48.5 Å². The quantitative estimate of drug-likeness (QED) is 0.0736. The van der Waals surface area contributed by atoms with E-state index in [1.807, 2.05) is 36.4 Å². The maximum absolute atomic E-state index is 12.1. The minimum Gasteiger partial charge on any atom is -0.378 e. The Kier molecular flexibility index (Phi) is 10.2. The largest absolute Gasteiger partial charge is 0.378 e. The summed E-state index contributed by atoms with van der Waals surface area (Å²) in [4.78, 5) is 43.9. The first-order valence-corrected chi connectivity index (χ1v) is 15.6. The van der Waals surface area contributed by atoms with Gasteiger partial charge in [0.15, 0.2) is 5.82 Å². The fraction of sp³-hybridized carbons (Fsp3) is 0.207. The number of benzene rings is 2. The number of anilines is 6. The average Bonchev–Trinajstić information content (AvgIpc) is 3.01. The van der Waals surface area contributed by atoms with Crippen molar-refractivity contribution in [2.75, 3.05) is 52.0 Å². The summed E-state index contributed by atoms with van der Waals surface area (Å²) in [6.45, 7) is 4.47. The highest BCUT2D eigenvalue weighted by Gasteiger charge is 2.20. The molecule has 4 aromatic rings. The van der Waals surface area contributed by atoms with Gasteiger partial charge >= 0.3 is 0 Å². The zero-order valence-electron chi connectivity index (χ0n) is 24.0. The van der Waals surface area contributed by atoms with Crippen LogP contribution in [0.5, 0.6) is 0 Å². The average molecular weight is 639 g/mol. The SMILES string of the molecule is C=CC(=O)NCCNc1c(NCc2ccc(Nc3ncc(Cl)c(NCc4ccccc4N(C)S(C)(=O)=O)n3)cc2)c(=O)c1=O. The molecule has 0 bridgehead atoms.